The highest BCUT2D eigenvalue weighted by Crippen LogP contribution is 2.31. The molecular weight excluding hydrogens is 301 g/mol. The Kier molecular flexibility index (Phi) is 4.09. The first-order valence-electron chi connectivity index (χ1n) is 7.18. The van der Waals surface area contributed by atoms with Gasteiger partial charge in [0.15, 0.2) is 5.82 Å². The molecule has 3 rings (SSSR count). The third-order valence-electron chi connectivity index (χ3n) is 3.58. The maximum absolute atomic E-state index is 13.4. The Hall–Kier alpha value is -2.71. The summed E-state index contributed by atoms with van der Waals surface area (Å²) < 4.78 is 20.2. The van der Waals surface area contributed by atoms with Gasteiger partial charge in [-0.1, -0.05) is 0 Å². The van der Waals surface area contributed by atoms with Crippen LogP contribution in [0.25, 0.3) is 0 Å². The van der Waals surface area contributed by atoms with E-state index in [0.29, 0.717) is 48.5 Å². The van der Waals surface area contributed by atoms with E-state index in [2.05, 4.69) is 32.1 Å². The molecule has 2 aromatic heterocycles. The van der Waals surface area contributed by atoms with Crippen molar-refractivity contribution in [2.75, 3.05) is 30.4 Å². The highest BCUT2D eigenvalue weighted by atomic mass is 19.1. The fourth-order valence-corrected chi connectivity index (χ4v) is 2.46. The topological polar surface area (TPSA) is 80.5 Å². The molecule has 122 valence electrons. The zero-order chi connectivity index (χ0) is 16.4. The SMILES string of the molecule is C=Nc1cnc(N2CC[C@H](F)C2)nc1Nc1cn(C)nc1OC. The molecule has 23 heavy (non-hydrogen) atoms. The molecule has 0 amide bonds. The van der Waals surface area contributed by atoms with Crippen LogP contribution >= 0.6 is 0 Å². The van der Waals surface area contributed by atoms with Gasteiger partial charge in [0.25, 0.3) is 5.88 Å². The smallest absolute Gasteiger partial charge is 0.256 e. The first kappa shape index (κ1) is 15.2. The van der Waals surface area contributed by atoms with Crippen molar-refractivity contribution in [1.29, 1.82) is 0 Å². The van der Waals surface area contributed by atoms with Gasteiger partial charge >= 0.3 is 0 Å². The number of aryl methyl sites for hydroxylation is 1. The summed E-state index contributed by atoms with van der Waals surface area (Å²) >= 11 is 0. The number of hydrogen-bond acceptors (Lipinski definition) is 7. The number of methoxy groups -OCH3 is 1. The Balaban J connectivity index is 1.91. The van der Waals surface area contributed by atoms with Gasteiger partial charge < -0.3 is 15.0 Å². The lowest BCUT2D eigenvalue weighted by atomic mass is 10.3. The van der Waals surface area contributed by atoms with E-state index < -0.39 is 6.17 Å². The number of alkyl halides is 1. The number of halogens is 1. The average Bonchev–Trinajstić information content (AvgIpc) is 3.13. The lowest BCUT2D eigenvalue weighted by Crippen LogP contribution is -2.22. The minimum atomic E-state index is -0.842. The number of anilines is 3. The largest absolute Gasteiger partial charge is 0.478 e. The molecule has 0 aromatic carbocycles. The van der Waals surface area contributed by atoms with Crippen molar-refractivity contribution in [3.05, 3.63) is 12.4 Å². The minimum Gasteiger partial charge on any atom is -0.478 e. The Morgan fingerprint density at radius 1 is 1.52 bits per heavy atom. The molecule has 0 unspecified atom stereocenters. The summed E-state index contributed by atoms with van der Waals surface area (Å²) in [5.74, 6) is 1.37. The van der Waals surface area contributed by atoms with Crippen LogP contribution in [0.3, 0.4) is 0 Å². The number of aromatic nitrogens is 4. The second-order valence-electron chi connectivity index (χ2n) is 5.24. The maximum atomic E-state index is 13.4. The average molecular weight is 319 g/mol. The number of ether oxygens (including phenoxy) is 1. The molecule has 1 fully saturated rings. The van der Waals surface area contributed by atoms with Crippen molar-refractivity contribution in [2.45, 2.75) is 12.6 Å². The van der Waals surface area contributed by atoms with E-state index in [1.54, 1.807) is 24.1 Å². The van der Waals surface area contributed by atoms with Crippen molar-refractivity contribution in [3.8, 4) is 5.88 Å². The van der Waals surface area contributed by atoms with Crippen LogP contribution in [0, 0.1) is 0 Å². The quantitative estimate of drug-likeness (QED) is 0.847. The van der Waals surface area contributed by atoms with Crippen LogP contribution < -0.4 is 15.0 Å². The zero-order valence-electron chi connectivity index (χ0n) is 13.0. The number of aliphatic imine (C=N–C) groups is 1. The summed E-state index contributed by atoms with van der Waals surface area (Å²) in [7, 11) is 3.33. The monoisotopic (exact) mass is 319 g/mol. The van der Waals surface area contributed by atoms with Crippen molar-refractivity contribution in [1.82, 2.24) is 19.7 Å². The van der Waals surface area contributed by atoms with Crippen LogP contribution in [-0.2, 0) is 7.05 Å². The summed E-state index contributed by atoms with van der Waals surface area (Å²) in [4.78, 5) is 14.4. The van der Waals surface area contributed by atoms with E-state index in [4.69, 9.17) is 4.74 Å². The second kappa shape index (κ2) is 6.19. The van der Waals surface area contributed by atoms with Gasteiger partial charge in [-0.15, -0.1) is 5.10 Å². The Morgan fingerprint density at radius 2 is 2.35 bits per heavy atom. The third kappa shape index (κ3) is 3.08. The van der Waals surface area contributed by atoms with E-state index in [-0.39, 0.29) is 0 Å². The lowest BCUT2D eigenvalue weighted by Gasteiger charge is -2.16. The number of nitrogens with zero attached hydrogens (tertiary/aromatic N) is 6. The summed E-state index contributed by atoms with van der Waals surface area (Å²) in [6.07, 6.45) is 2.97. The summed E-state index contributed by atoms with van der Waals surface area (Å²) in [5, 5.41) is 7.30. The Labute approximate surface area is 133 Å². The normalized spacial score (nSPS) is 17.3. The van der Waals surface area contributed by atoms with Gasteiger partial charge in [0.2, 0.25) is 5.95 Å². The van der Waals surface area contributed by atoms with Gasteiger partial charge in [-0.3, -0.25) is 9.67 Å². The van der Waals surface area contributed by atoms with Crippen molar-refractivity contribution in [3.63, 3.8) is 0 Å². The summed E-state index contributed by atoms with van der Waals surface area (Å²) in [5.41, 5.74) is 1.14. The second-order valence-corrected chi connectivity index (χ2v) is 5.24. The van der Waals surface area contributed by atoms with E-state index >= 15 is 0 Å². The fraction of sp³-hybridized carbons (Fsp3) is 0.429. The molecule has 0 bridgehead atoms. The van der Waals surface area contributed by atoms with Gasteiger partial charge in [-0.2, -0.15) is 4.98 Å². The van der Waals surface area contributed by atoms with Gasteiger partial charge in [-0.05, 0) is 13.1 Å². The molecule has 3 heterocycles. The first-order valence-corrected chi connectivity index (χ1v) is 7.18. The Morgan fingerprint density at radius 3 is 3.00 bits per heavy atom. The zero-order valence-corrected chi connectivity index (χ0v) is 13.0. The molecular formula is C14H18FN7O. The maximum Gasteiger partial charge on any atom is 0.256 e. The van der Waals surface area contributed by atoms with E-state index in [9.17, 15) is 4.39 Å². The van der Waals surface area contributed by atoms with Crippen molar-refractivity contribution >= 4 is 29.9 Å². The number of rotatable bonds is 5. The van der Waals surface area contributed by atoms with Crippen molar-refractivity contribution in [2.24, 2.45) is 12.0 Å². The van der Waals surface area contributed by atoms with E-state index in [0.717, 1.165) is 0 Å². The molecule has 0 spiro atoms. The van der Waals surface area contributed by atoms with Gasteiger partial charge in [-0.25, -0.2) is 9.37 Å². The van der Waals surface area contributed by atoms with Gasteiger partial charge in [0, 0.05) is 13.6 Å². The van der Waals surface area contributed by atoms with Crippen molar-refractivity contribution < 1.29 is 9.13 Å². The predicted molar refractivity (Wildman–Crippen MR) is 86.0 cm³/mol. The highest BCUT2D eigenvalue weighted by Gasteiger charge is 2.24. The molecule has 0 radical (unpaired) electrons. The van der Waals surface area contributed by atoms with Crippen LogP contribution in [0.4, 0.5) is 27.5 Å². The molecule has 1 saturated heterocycles. The van der Waals surface area contributed by atoms with Crippen LogP contribution in [0.2, 0.25) is 0 Å². The minimum absolute atomic E-state index is 0.302. The highest BCUT2D eigenvalue weighted by molar-refractivity contribution is 5.72. The van der Waals surface area contributed by atoms with Crippen LogP contribution in [-0.4, -0.2) is 52.8 Å². The van der Waals surface area contributed by atoms with E-state index in [1.165, 1.54) is 7.11 Å². The number of nitrogens with one attached hydrogen (secondary N) is 1. The molecule has 0 aliphatic carbocycles. The first-order chi connectivity index (χ1) is 11.1. The molecule has 1 atom stereocenters. The lowest BCUT2D eigenvalue weighted by molar-refractivity contribution is 0.364. The molecule has 1 N–H and O–H groups in total. The molecule has 0 saturated carbocycles. The standard InChI is InChI=1S/C14H18FN7O/c1-16-10-6-17-14(22-5-4-9(15)7-22)19-12(10)18-11-8-21(2)20-13(11)23-3/h6,8-9H,1,4-5,7H2,2-3H3,(H,17,18,19)/t9-/m0/s1. The van der Waals surface area contributed by atoms with Crippen LogP contribution in [0.5, 0.6) is 5.88 Å². The molecule has 1 aliphatic rings. The van der Waals surface area contributed by atoms with Gasteiger partial charge in [0.1, 0.15) is 17.5 Å². The van der Waals surface area contributed by atoms with E-state index in [1.807, 2.05) is 4.90 Å². The molecule has 1 aliphatic heterocycles. The third-order valence-corrected chi connectivity index (χ3v) is 3.58. The summed E-state index contributed by atoms with van der Waals surface area (Å²) in [6, 6.07) is 0. The molecule has 2 aromatic rings. The molecule has 9 heteroatoms. The van der Waals surface area contributed by atoms with Crippen LogP contribution in [0.1, 0.15) is 6.42 Å². The van der Waals surface area contributed by atoms with Gasteiger partial charge in [0.05, 0.1) is 26.0 Å². The predicted octanol–water partition coefficient (Wildman–Crippen LogP) is 1.84. The fourth-order valence-electron chi connectivity index (χ4n) is 2.46. The summed E-state index contributed by atoms with van der Waals surface area (Å²) in [6.45, 7) is 4.42. The number of hydrogen-bond donors (Lipinski definition) is 1. The molecule has 8 nitrogen and oxygen atoms in total. The van der Waals surface area contributed by atoms with Crippen LogP contribution in [0.15, 0.2) is 17.4 Å². The Bertz CT molecular complexity index is 717.